The number of nitrogens with zero attached hydrogens (tertiary/aromatic N) is 3. The van der Waals surface area contributed by atoms with Crippen molar-refractivity contribution in [3.05, 3.63) is 35.4 Å². The number of fused-ring (bicyclic) bond motifs is 1. The molecule has 0 aromatic heterocycles. The monoisotopic (exact) mass is 426 g/mol. The molecule has 1 aromatic carbocycles. The average Bonchev–Trinajstić information content (AvgIpc) is 2.90. The van der Waals surface area contributed by atoms with E-state index in [0.29, 0.717) is 12.3 Å². The highest BCUT2D eigenvalue weighted by atomic mass is 16.2. The van der Waals surface area contributed by atoms with Crippen LogP contribution >= 0.6 is 0 Å². The second kappa shape index (κ2) is 10.5. The summed E-state index contributed by atoms with van der Waals surface area (Å²) in [7, 11) is 4.17. The summed E-state index contributed by atoms with van der Waals surface area (Å²) in [6.45, 7) is 8.64. The summed E-state index contributed by atoms with van der Waals surface area (Å²) in [6, 6.07) is 8.86. The molecule has 1 atom stereocenters. The van der Waals surface area contributed by atoms with Gasteiger partial charge in [-0.25, -0.2) is 0 Å². The quantitative estimate of drug-likeness (QED) is 0.759. The predicted octanol–water partition coefficient (Wildman–Crippen LogP) is 2.99. The number of hydrogen-bond donors (Lipinski definition) is 1. The van der Waals surface area contributed by atoms with E-state index in [4.69, 9.17) is 0 Å². The third kappa shape index (κ3) is 6.09. The zero-order valence-corrected chi connectivity index (χ0v) is 19.7. The molecule has 2 saturated heterocycles. The topological polar surface area (TPSA) is 38.8 Å². The largest absolute Gasteiger partial charge is 0.338 e. The number of amides is 1. The lowest BCUT2D eigenvalue weighted by molar-refractivity contribution is -0.134. The van der Waals surface area contributed by atoms with Crippen LogP contribution in [0.15, 0.2) is 24.3 Å². The molecule has 0 radical (unpaired) electrons. The number of rotatable bonds is 6. The fourth-order valence-corrected chi connectivity index (χ4v) is 6.06. The smallest absolute Gasteiger partial charge is 0.222 e. The summed E-state index contributed by atoms with van der Waals surface area (Å²) in [4.78, 5) is 20.4. The highest BCUT2D eigenvalue weighted by Gasteiger charge is 2.40. The molecule has 1 amide bonds. The standard InChI is InChI=1S/C26H42N4O/c1-28(2)15-5-9-25(31)30-19-24-8-4-3-7-23(24)17-26(21-30)12-6-16-29(20-26)18-22-10-13-27-14-11-22/h3-4,7-8,22,27H,5-6,9-21H2,1-2H3. The molecule has 5 heteroatoms. The molecule has 0 aliphatic carbocycles. The van der Waals surface area contributed by atoms with Crippen LogP contribution in [0.25, 0.3) is 0 Å². The maximum atomic E-state index is 13.3. The normalized spacial score (nSPS) is 25.6. The number of piperidine rings is 2. The Morgan fingerprint density at radius 2 is 1.94 bits per heavy atom. The van der Waals surface area contributed by atoms with E-state index in [2.05, 4.69) is 58.4 Å². The van der Waals surface area contributed by atoms with Crippen LogP contribution < -0.4 is 5.32 Å². The summed E-state index contributed by atoms with van der Waals surface area (Å²) in [5.74, 6) is 1.17. The highest BCUT2D eigenvalue weighted by Crippen LogP contribution is 2.39. The SMILES string of the molecule is CN(C)CCCC(=O)N1Cc2ccccc2CC2(CCCN(CC3CCNCC3)C2)C1. The Labute approximate surface area is 189 Å². The molecular weight excluding hydrogens is 384 g/mol. The number of hydrogen-bond acceptors (Lipinski definition) is 4. The Kier molecular flexibility index (Phi) is 7.68. The third-order valence-electron chi connectivity index (χ3n) is 7.64. The van der Waals surface area contributed by atoms with Crippen molar-refractivity contribution in [3.8, 4) is 0 Å². The van der Waals surface area contributed by atoms with Crippen molar-refractivity contribution in [2.75, 3.05) is 59.9 Å². The molecule has 5 nitrogen and oxygen atoms in total. The van der Waals surface area contributed by atoms with Crippen LogP contribution in [0, 0.1) is 11.3 Å². The number of carbonyl (C=O) groups is 1. The van der Waals surface area contributed by atoms with Crippen molar-refractivity contribution in [2.45, 2.75) is 51.5 Å². The molecule has 3 aliphatic heterocycles. The zero-order valence-electron chi connectivity index (χ0n) is 19.7. The summed E-state index contributed by atoms with van der Waals surface area (Å²) in [5, 5.41) is 3.50. The molecular formula is C26H42N4O. The summed E-state index contributed by atoms with van der Waals surface area (Å²) >= 11 is 0. The van der Waals surface area contributed by atoms with Crippen LogP contribution in [0.1, 0.15) is 49.7 Å². The number of likely N-dealkylation sites (tertiary alicyclic amines) is 1. The minimum Gasteiger partial charge on any atom is -0.338 e. The van der Waals surface area contributed by atoms with Crippen LogP contribution in [-0.2, 0) is 17.8 Å². The highest BCUT2D eigenvalue weighted by molar-refractivity contribution is 5.76. The van der Waals surface area contributed by atoms with Crippen LogP contribution in [0.3, 0.4) is 0 Å². The Morgan fingerprint density at radius 3 is 2.71 bits per heavy atom. The zero-order chi connectivity index (χ0) is 21.7. The van der Waals surface area contributed by atoms with Gasteiger partial charge >= 0.3 is 0 Å². The Morgan fingerprint density at radius 1 is 1.16 bits per heavy atom. The molecule has 1 unspecified atom stereocenters. The van der Waals surface area contributed by atoms with Crippen LogP contribution in [0.4, 0.5) is 0 Å². The number of benzene rings is 1. The fourth-order valence-electron chi connectivity index (χ4n) is 6.06. The van der Waals surface area contributed by atoms with Gasteiger partial charge in [-0.15, -0.1) is 0 Å². The Hall–Kier alpha value is -1.43. The van der Waals surface area contributed by atoms with Crippen molar-refractivity contribution in [2.24, 2.45) is 11.3 Å². The fraction of sp³-hybridized carbons (Fsp3) is 0.731. The van der Waals surface area contributed by atoms with E-state index in [0.717, 1.165) is 44.9 Å². The molecule has 1 aromatic rings. The first kappa shape index (κ1) is 22.8. The van der Waals surface area contributed by atoms with Gasteiger partial charge in [0.25, 0.3) is 0 Å². The van der Waals surface area contributed by atoms with Crippen molar-refractivity contribution >= 4 is 5.91 Å². The van der Waals surface area contributed by atoms with E-state index in [9.17, 15) is 4.79 Å². The van der Waals surface area contributed by atoms with Crippen LogP contribution in [0.2, 0.25) is 0 Å². The number of carbonyl (C=O) groups excluding carboxylic acids is 1. The molecule has 0 saturated carbocycles. The van der Waals surface area contributed by atoms with Gasteiger partial charge in [-0.1, -0.05) is 24.3 Å². The molecule has 3 heterocycles. The van der Waals surface area contributed by atoms with Crippen LogP contribution in [-0.4, -0.2) is 80.5 Å². The second-order valence-electron chi connectivity index (χ2n) is 10.6. The van der Waals surface area contributed by atoms with Gasteiger partial charge in [-0.2, -0.15) is 0 Å². The lowest BCUT2D eigenvalue weighted by atomic mass is 9.74. The van der Waals surface area contributed by atoms with Gasteiger partial charge in [-0.3, -0.25) is 4.79 Å². The second-order valence-corrected chi connectivity index (χ2v) is 10.6. The van der Waals surface area contributed by atoms with Crippen molar-refractivity contribution in [3.63, 3.8) is 0 Å². The summed E-state index contributed by atoms with van der Waals surface area (Å²) in [5.41, 5.74) is 3.03. The molecule has 31 heavy (non-hydrogen) atoms. The van der Waals surface area contributed by atoms with Gasteiger partial charge in [0.1, 0.15) is 0 Å². The minimum absolute atomic E-state index is 0.203. The van der Waals surface area contributed by atoms with E-state index in [1.54, 1.807) is 0 Å². The van der Waals surface area contributed by atoms with Crippen molar-refractivity contribution < 1.29 is 4.79 Å². The van der Waals surface area contributed by atoms with Crippen molar-refractivity contribution in [1.82, 2.24) is 20.0 Å². The summed E-state index contributed by atoms with van der Waals surface area (Å²) < 4.78 is 0. The minimum atomic E-state index is 0.203. The summed E-state index contributed by atoms with van der Waals surface area (Å²) in [6.07, 6.45) is 7.84. The molecule has 1 spiro atoms. The first-order valence-electron chi connectivity index (χ1n) is 12.5. The van der Waals surface area contributed by atoms with E-state index < -0.39 is 0 Å². The molecule has 2 fully saturated rings. The molecule has 172 valence electrons. The van der Waals surface area contributed by atoms with Crippen LogP contribution in [0.5, 0.6) is 0 Å². The molecule has 4 rings (SSSR count). The van der Waals surface area contributed by atoms with E-state index in [1.807, 2.05) is 0 Å². The predicted molar refractivity (Wildman–Crippen MR) is 127 cm³/mol. The van der Waals surface area contributed by atoms with Gasteiger partial charge in [0.2, 0.25) is 5.91 Å². The molecule has 0 bridgehead atoms. The number of nitrogens with one attached hydrogen (secondary N) is 1. The van der Waals surface area contributed by atoms with E-state index in [-0.39, 0.29) is 5.41 Å². The lowest BCUT2D eigenvalue weighted by Crippen LogP contribution is -2.51. The molecule has 1 N–H and O–H groups in total. The van der Waals surface area contributed by atoms with E-state index >= 15 is 0 Å². The van der Waals surface area contributed by atoms with E-state index in [1.165, 1.54) is 63.0 Å². The Balaban J connectivity index is 1.49. The van der Waals surface area contributed by atoms with Gasteiger partial charge in [0.15, 0.2) is 0 Å². The van der Waals surface area contributed by atoms with Gasteiger partial charge in [0, 0.05) is 38.0 Å². The Bertz CT molecular complexity index is 730. The first-order chi connectivity index (χ1) is 15.0. The maximum absolute atomic E-state index is 13.3. The van der Waals surface area contributed by atoms with Gasteiger partial charge in [-0.05, 0) is 95.8 Å². The van der Waals surface area contributed by atoms with Gasteiger partial charge < -0.3 is 20.0 Å². The van der Waals surface area contributed by atoms with Crippen molar-refractivity contribution in [1.29, 1.82) is 0 Å². The average molecular weight is 427 g/mol. The third-order valence-corrected chi connectivity index (χ3v) is 7.64. The maximum Gasteiger partial charge on any atom is 0.222 e. The van der Waals surface area contributed by atoms with Gasteiger partial charge in [0.05, 0.1) is 0 Å². The first-order valence-corrected chi connectivity index (χ1v) is 12.5. The molecule has 3 aliphatic rings. The lowest BCUT2D eigenvalue weighted by Gasteiger charge is -2.45.